The van der Waals surface area contributed by atoms with Gasteiger partial charge in [0, 0.05) is 48.3 Å². The predicted octanol–water partition coefficient (Wildman–Crippen LogP) is 0.653. The summed E-state index contributed by atoms with van der Waals surface area (Å²) in [7, 11) is 0. The Hall–Kier alpha value is -2.16. The zero-order chi connectivity index (χ0) is 35.0. The first kappa shape index (κ1) is 33.0. The molecule has 13 nitrogen and oxygen atoms in total. The monoisotopic (exact) mass is 676 g/mol. The largest absolute Gasteiger partial charge is 0.462 e. The van der Waals surface area contributed by atoms with Crippen LogP contribution in [0.1, 0.15) is 74.7 Å². The van der Waals surface area contributed by atoms with E-state index in [1.54, 1.807) is 13.8 Å². The zero-order valence-corrected chi connectivity index (χ0v) is 28.7. The van der Waals surface area contributed by atoms with Crippen molar-refractivity contribution in [1.82, 2.24) is 0 Å². The van der Waals surface area contributed by atoms with E-state index in [1.807, 2.05) is 27.7 Å². The van der Waals surface area contributed by atoms with Crippen molar-refractivity contribution in [2.24, 2.45) is 57.7 Å². The number of ketones is 1. The van der Waals surface area contributed by atoms with Gasteiger partial charge in [-0.15, -0.1) is 0 Å². The van der Waals surface area contributed by atoms with Crippen LogP contribution in [0.3, 0.4) is 0 Å². The van der Waals surface area contributed by atoms with Crippen LogP contribution in [-0.2, 0) is 42.9 Å². The molecule has 0 amide bonds. The maximum absolute atomic E-state index is 14.4. The van der Waals surface area contributed by atoms with E-state index in [0.29, 0.717) is 0 Å². The van der Waals surface area contributed by atoms with Crippen LogP contribution in [0, 0.1) is 57.7 Å². The summed E-state index contributed by atoms with van der Waals surface area (Å²) >= 11 is 0. The first-order valence-corrected chi connectivity index (χ1v) is 17.4. The molecule has 5 saturated carbocycles. The lowest BCUT2D eigenvalue weighted by Crippen LogP contribution is -2.77. The lowest BCUT2D eigenvalue weighted by molar-refractivity contribution is -0.267. The topological polar surface area (TPSA) is 202 Å². The van der Waals surface area contributed by atoms with Gasteiger partial charge in [-0.3, -0.25) is 14.4 Å². The Morgan fingerprint density at radius 2 is 1.69 bits per heavy atom. The fourth-order valence-corrected chi connectivity index (χ4v) is 12.8. The quantitative estimate of drug-likeness (QED) is 0.184. The van der Waals surface area contributed by atoms with Gasteiger partial charge in [0.2, 0.25) is 5.79 Å². The summed E-state index contributed by atoms with van der Waals surface area (Å²) in [6, 6.07) is 0. The van der Waals surface area contributed by atoms with E-state index in [9.17, 15) is 39.6 Å². The normalized spacial score (nSPS) is 59.9. The summed E-state index contributed by atoms with van der Waals surface area (Å²) in [6.07, 6.45) is -6.65. The van der Waals surface area contributed by atoms with Crippen LogP contribution < -0.4 is 0 Å². The summed E-state index contributed by atoms with van der Waals surface area (Å²) < 4.78 is 30.1. The van der Waals surface area contributed by atoms with Gasteiger partial charge >= 0.3 is 17.9 Å². The Morgan fingerprint density at radius 3 is 2.31 bits per heavy atom. The molecule has 0 radical (unpaired) electrons. The summed E-state index contributed by atoms with van der Waals surface area (Å²) in [4.78, 5) is 53.7. The molecular formula is C35H48O13. The van der Waals surface area contributed by atoms with Gasteiger partial charge in [-0.1, -0.05) is 34.6 Å². The van der Waals surface area contributed by atoms with Crippen LogP contribution in [0.15, 0.2) is 0 Å². The SMILES string of the molecule is CC(=O)O[C@H]1C[C@H]2[C@H]([C@@H]3[C@@H](O)[C@@H]4[C@H]([C@H](C)[C@H]5O[C@]56OC(=O)[C@@](C)(O)[C@]46C)[C@]31C)[C@@H](O)C(=O)[C@@]1(O)C[C@@H]3O[C@@H]3[C@H](OC(=O)CC(C)C)[C@]21C. The van der Waals surface area contributed by atoms with Crippen molar-refractivity contribution < 1.29 is 63.3 Å². The number of hydrogen-bond donors (Lipinski definition) is 4. The Balaban J connectivity index is 1.30. The van der Waals surface area contributed by atoms with Crippen molar-refractivity contribution in [1.29, 1.82) is 0 Å². The van der Waals surface area contributed by atoms with Gasteiger partial charge in [0.05, 0.1) is 17.6 Å². The van der Waals surface area contributed by atoms with E-state index in [4.69, 9.17) is 23.7 Å². The molecule has 8 rings (SSSR count). The van der Waals surface area contributed by atoms with Crippen LogP contribution >= 0.6 is 0 Å². The summed E-state index contributed by atoms with van der Waals surface area (Å²) in [5, 5.41) is 49.0. The molecule has 3 heterocycles. The lowest BCUT2D eigenvalue weighted by Gasteiger charge is -2.65. The van der Waals surface area contributed by atoms with E-state index in [2.05, 4.69) is 0 Å². The molecule has 266 valence electrons. The molecule has 1 spiro atoms. The summed E-state index contributed by atoms with van der Waals surface area (Å²) in [5.41, 5.74) is -8.24. The van der Waals surface area contributed by atoms with E-state index in [1.165, 1.54) is 13.8 Å². The second-order valence-corrected chi connectivity index (χ2v) is 17.5. The van der Waals surface area contributed by atoms with Gasteiger partial charge in [0.25, 0.3) is 0 Å². The van der Waals surface area contributed by atoms with Crippen molar-refractivity contribution in [2.75, 3.05) is 0 Å². The van der Waals surface area contributed by atoms with Crippen molar-refractivity contribution in [3.63, 3.8) is 0 Å². The molecule has 0 unspecified atom stereocenters. The van der Waals surface area contributed by atoms with E-state index < -0.39 is 129 Å². The average Bonchev–Trinajstić information content (AvgIpc) is 3.88. The highest BCUT2D eigenvalue weighted by Crippen LogP contribution is 2.80. The molecule has 0 aromatic carbocycles. The van der Waals surface area contributed by atoms with Crippen LogP contribution in [0.4, 0.5) is 0 Å². The van der Waals surface area contributed by atoms with Crippen LogP contribution in [0.25, 0.3) is 0 Å². The number of esters is 3. The third kappa shape index (κ3) is 3.40. The Kier molecular flexibility index (Phi) is 6.45. The van der Waals surface area contributed by atoms with Crippen molar-refractivity contribution >= 4 is 23.7 Å². The zero-order valence-electron chi connectivity index (χ0n) is 28.7. The summed E-state index contributed by atoms with van der Waals surface area (Å²) in [6.45, 7) is 13.6. The van der Waals surface area contributed by atoms with Crippen molar-refractivity contribution in [3.8, 4) is 0 Å². The molecule has 0 aromatic rings. The second kappa shape index (κ2) is 9.38. The maximum Gasteiger partial charge on any atom is 0.341 e. The first-order chi connectivity index (χ1) is 22.2. The number of epoxide rings is 2. The number of Topliss-reactive ketones (excluding diaryl/α,β-unsaturated/α-hetero) is 1. The van der Waals surface area contributed by atoms with Gasteiger partial charge < -0.3 is 44.1 Å². The molecule has 48 heavy (non-hydrogen) atoms. The number of aliphatic hydroxyl groups is 4. The van der Waals surface area contributed by atoms with Crippen LogP contribution in [0.5, 0.6) is 0 Å². The molecule has 5 aliphatic carbocycles. The number of rotatable bonds is 4. The average molecular weight is 677 g/mol. The molecule has 8 fully saturated rings. The highest BCUT2D eigenvalue weighted by atomic mass is 16.8. The fraction of sp³-hybridized carbons (Fsp3) is 0.886. The molecule has 0 bridgehead atoms. The van der Waals surface area contributed by atoms with Crippen molar-refractivity contribution in [3.05, 3.63) is 0 Å². The minimum absolute atomic E-state index is 0.0162. The van der Waals surface area contributed by atoms with E-state index in [0.717, 1.165) is 0 Å². The molecular weight excluding hydrogens is 628 g/mol. The molecule has 3 saturated heterocycles. The number of aliphatic hydroxyl groups excluding tert-OH is 2. The third-order valence-corrected chi connectivity index (χ3v) is 15.2. The van der Waals surface area contributed by atoms with Gasteiger partial charge in [-0.2, -0.15) is 0 Å². The van der Waals surface area contributed by atoms with Crippen molar-refractivity contribution in [2.45, 2.75) is 134 Å². The number of fused-ring (bicyclic) bond motifs is 9. The number of ether oxygens (including phenoxy) is 5. The second-order valence-electron chi connectivity index (χ2n) is 17.5. The molecule has 19 atom stereocenters. The minimum atomic E-state index is -2.15. The number of carbonyl (C=O) groups excluding carboxylic acids is 4. The smallest absolute Gasteiger partial charge is 0.341 e. The van der Waals surface area contributed by atoms with E-state index >= 15 is 0 Å². The highest BCUT2D eigenvalue weighted by Gasteiger charge is 2.93. The lowest BCUT2D eigenvalue weighted by atomic mass is 9.40. The van der Waals surface area contributed by atoms with Gasteiger partial charge in [-0.25, -0.2) is 4.79 Å². The van der Waals surface area contributed by atoms with Crippen LogP contribution in [-0.4, -0.2) is 104 Å². The molecule has 13 heteroatoms. The minimum Gasteiger partial charge on any atom is -0.462 e. The third-order valence-electron chi connectivity index (χ3n) is 15.2. The first-order valence-electron chi connectivity index (χ1n) is 17.4. The highest BCUT2D eigenvalue weighted by molar-refractivity contribution is 5.94. The Bertz CT molecular complexity index is 1510. The summed E-state index contributed by atoms with van der Waals surface area (Å²) in [5.74, 6) is -8.66. The maximum atomic E-state index is 14.4. The Morgan fingerprint density at radius 1 is 1.02 bits per heavy atom. The number of hydrogen-bond acceptors (Lipinski definition) is 13. The Labute approximate surface area is 278 Å². The van der Waals surface area contributed by atoms with E-state index in [-0.39, 0.29) is 31.1 Å². The van der Waals surface area contributed by atoms with Gasteiger partial charge in [0.1, 0.15) is 36.1 Å². The van der Waals surface area contributed by atoms with Crippen LogP contribution in [0.2, 0.25) is 0 Å². The molecule has 8 aliphatic rings. The fourth-order valence-electron chi connectivity index (χ4n) is 12.8. The molecule has 0 aromatic heterocycles. The van der Waals surface area contributed by atoms with Gasteiger partial charge in [0.15, 0.2) is 11.4 Å². The predicted molar refractivity (Wildman–Crippen MR) is 160 cm³/mol. The standard InChI is InChI=1S/C35H48O13/c1-12(2)9-18(37)46-28-25-16(45-25)11-34(43)26(40)23(38)19-15(31(28,34)6)10-17(44-14(4)36)30(5)20-13(3)27-35(47-27)32(7,22(20)24(39)21(19)30)33(8,42)29(41)48-35/h12-13,15-17,19-25,27-28,38-39,42-43H,9-11H2,1-8H3/t13-,15-,16-,17-,19+,20-,21+,22-,23+,24+,25-,27+,28-,30+,31-,32-,33+,34-,35-/m0/s1. The number of carbonyl (C=O) groups is 4. The molecule has 3 aliphatic heterocycles. The molecule has 4 N–H and O–H groups in total. The van der Waals surface area contributed by atoms with Gasteiger partial charge in [-0.05, 0) is 43.9 Å².